The Bertz CT molecular complexity index is 1180. The Labute approximate surface area is 165 Å². The maximum Gasteiger partial charge on any atom is 0.185 e. The first kappa shape index (κ1) is 17.5. The van der Waals surface area contributed by atoms with Gasteiger partial charge in [-0.3, -0.25) is 5.43 Å². The molecule has 3 aromatic carbocycles. The molecule has 134 valence electrons. The number of hydrogen-bond acceptors (Lipinski definition) is 5. The fourth-order valence-electron chi connectivity index (χ4n) is 2.69. The maximum absolute atomic E-state index is 6.18. The second kappa shape index (κ2) is 7.39. The number of fused-ring (bicyclic) bond motifs is 2. The first-order valence-corrected chi connectivity index (χ1v) is 8.88. The summed E-state index contributed by atoms with van der Waals surface area (Å²) in [6, 6.07) is 17.2. The third-order valence-electron chi connectivity index (χ3n) is 4.04. The fraction of sp³-hybridized carbons (Fsp3) is 0.0500. The lowest BCUT2D eigenvalue weighted by molar-refractivity contribution is 0.415. The molecular weight excluding hydrogens is 383 g/mol. The van der Waals surface area contributed by atoms with E-state index < -0.39 is 0 Å². The first-order chi connectivity index (χ1) is 13.1. The number of anilines is 1. The lowest BCUT2D eigenvalue weighted by Crippen LogP contribution is -1.97. The van der Waals surface area contributed by atoms with Crippen molar-refractivity contribution in [1.82, 2.24) is 9.97 Å². The molecule has 0 fully saturated rings. The Morgan fingerprint density at radius 1 is 0.926 bits per heavy atom. The number of ether oxygens (including phenoxy) is 1. The van der Waals surface area contributed by atoms with Gasteiger partial charge in [-0.1, -0.05) is 41.4 Å². The molecule has 0 spiro atoms. The quantitative estimate of drug-likeness (QED) is 0.363. The molecule has 5 nitrogen and oxygen atoms in total. The molecule has 4 aromatic rings. The van der Waals surface area contributed by atoms with Crippen LogP contribution in [0.25, 0.3) is 21.8 Å². The van der Waals surface area contributed by atoms with E-state index in [1.807, 2.05) is 36.4 Å². The summed E-state index contributed by atoms with van der Waals surface area (Å²) in [6.45, 7) is 0. The molecule has 0 bridgehead atoms. The van der Waals surface area contributed by atoms with Gasteiger partial charge in [0, 0.05) is 5.02 Å². The monoisotopic (exact) mass is 396 g/mol. The van der Waals surface area contributed by atoms with Crippen LogP contribution in [0.5, 0.6) is 5.75 Å². The Balaban J connectivity index is 1.57. The van der Waals surface area contributed by atoms with Gasteiger partial charge in [-0.25, -0.2) is 9.97 Å². The summed E-state index contributed by atoms with van der Waals surface area (Å²) >= 11 is 12.2. The molecule has 7 heteroatoms. The largest absolute Gasteiger partial charge is 0.497 e. The molecule has 1 aromatic heterocycles. The Kier molecular flexibility index (Phi) is 4.79. The second-order valence-corrected chi connectivity index (χ2v) is 6.63. The van der Waals surface area contributed by atoms with Crippen LogP contribution in [0.2, 0.25) is 10.2 Å². The van der Waals surface area contributed by atoms with Gasteiger partial charge in [0.15, 0.2) is 11.0 Å². The maximum atomic E-state index is 6.18. The normalized spacial score (nSPS) is 11.4. The molecule has 27 heavy (non-hydrogen) atoms. The van der Waals surface area contributed by atoms with E-state index in [9.17, 15) is 0 Å². The van der Waals surface area contributed by atoms with Crippen molar-refractivity contribution in [3.8, 4) is 5.75 Å². The highest BCUT2D eigenvalue weighted by atomic mass is 35.5. The lowest BCUT2D eigenvalue weighted by Gasteiger charge is -2.05. The van der Waals surface area contributed by atoms with Crippen LogP contribution in [0.3, 0.4) is 0 Å². The molecule has 0 amide bonds. The van der Waals surface area contributed by atoms with Crippen molar-refractivity contribution in [2.24, 2.45) is 5.10 Å². The van der Waals surface area contributed by atoms with Gasteiger partial charge in [0.05, 0.1) is 24.4 Å². The highest BCUT2D eigenvalue weighted by Crippen LogP contribution is 2.24. The van der Waals surface area contributed by atoms with Crippen LogP contribution in [0.1, 0.15) is 5.56 Å². The van der Waals surface area contributed by atoms with E-state index in [4.69, 9.17) is 27.9 Å². The van der Waals surface area contributed by atoms with Gasteiger partial charge in [0.2, 0.25) is 0 Å². The number of nitrogens with zero attached hydrogens (tertiary/aromatic N) is 3. The molecule has 0 atom stereocenters. The molecule has 4 rings (SSSR count). The Morgan fingerprint density at radius 2 is 1.74 bits per heavy atom. The first-order valence-electron chi connectivity index (χ1n) is 8.12. The van der Waals surface area contributed by atoms with Crippen molar-refractivity contribution in [3.63, 3.8) is 0 Å². The van der Waals surface area contributed by atoms with Crippen LogP contribution in [0.15, 0.2) is 59.7 Å². The van der Waals surface area contributed by atoms with Gasteiger partial charge in [0.25, 0.3) is 0 Å². The summed E-state index contributed by atoms with van der Waals surface area (Å²) in [7, 11) is 1.66. The smallest absolute Gasteiger partial charge is 0.185 e. The van der Waals surface area contributed by atoms with Crippen molar-refractivity contribution in [1.29, 1.82) is 0 Å². The molecule has 0 aliphatic heterocycles. The summed E-state index contributed by atoms with van der Waals surface area (Å²) in [5.41, 5.74) is 5.09. The van der Waals surface area contributed by atoms with Crippen LogP contribution in [0, 0.1) is 0 Å². The van der Waals surface area contributed by atoms with Crippen molar-refractivity contribution < 1.29 is 4.74 Å². The minimum Gasteiger partial charge on any atom is -0.497 e. The van der Waals surface area contributed by atoms with Gasteiger partial charge in [-0.05, 0) is 52.7 Å². The standard InChI is InChI=1S/C20H14Cl2N4O/c1-27-16-6-4-13-8-12(2-3-14(13)9-16)11-23-26-20-19(22)24-17-7-5-15(21)10-18(17)25-20/h2-11H,1H3,(H,25,26). The van der Waals surface area contributed by atoms with E-state index in [0.717, 1.165) is 22.1 Å². The Hall–Kier alpha value is -2.89. The molecule has 0 aliphatic carbocycles. The zero-order valence-corrected chi connectivity index (χ0v) is 15.8. The average molecular weight is 397 g/mol. The summed E-state index contributed by atoms with van der Waals surface area (Å²) in [5.74, 6) is 1.20. The number of hydrazone groups is 1. The predicted molar refractivity (Wildman–Crippen MR) is 111 cm³/mol. The van der Waals surface area contributed by atoms with E-state index in [1.54, 1.807) is 31.5 Å². The zero-order chi connectivity index (χ0) is 18.8. The van der Waals surface area contributed by atoms with Gasteiger partial charge in [-0.2, -0.15) is 5.10 Å². The number of benzene rings is 3. The third-order valence-corrected chi connectivity index (χ3v) is 4.54. The van der Waals surface area contributed by atoms with Crippen molar-refractivity contribution >= 4 is 57.0 Å². The lowest BCUT2D eigenvalue weighted by atomic mass is 10.1. The molecule has 0 saturated heterocycles. The van der Waals surface area contributed by atoms with Crippen LogP contribution < -0.4 is 10.2 Å². The number of rotatable bonds is 4. The summed E-state index contributed by atoms with van der Waals surface area (Å²) in [4.78, 5) is 8.71. The van der Waals surface area contributed by atoms with Crippen LogP contribution in [-0.2, 0) is 0 Å². The number of nitrogens with one attached hydrogen (secondary N) is 1. The minimum atomic E-state index is 0.243. The van der Waals surface area contributed by atoms with Crippen LogP contribution >= 0.6 is 23.2 Å². The Morgan fingerprint density at radius 3 is 2.59 bits per heavy atom. The predicted octanol–water partition coefficient (Wildman–Crippen LogP) is 5.54. The average Bonchev–Trinajstić information content (AvgIpc) is 2.68. The van der Waals surface area contributed by atoms with E-state index in [2.05, 4.69) is 20.5 Å². The highest BCUT2D eigenvalue weighted by Gasteiger charge is 2.06. The third kappa shape index (κ3) is 3.79. The number of aromatic nitrogens is 2. The fourth-order valence-corrected chi connectivity index (χ4v) is 3.04. The van der Waals surface area contributed by atoms with Gasteiger partial charge in [0.1, 0.15) is 5.75 Å². The SMILES string of the molecule is COc1ccc2cc(C=NNc3nc4cc(Cl)ccc4nc3Cl)ccc2c1. The zero-order valence-electron chi connectivity index (χ0n) is 14.3. The van der Waals surface area contributed by atoms with E-state index >= 15 is 0 Å². The topological polar surface area (TPSA) is 59.4 Å². The summed E-state index contributed by atoms with van der Waals surface area (Å²) in [5, 5.41) is 7.24. The van der Waals surface area contributed by atoms with Gasteiger partial charge < -0.3 is 4.74 Å². The molecule has 1 heterocycles. The van der Waals surface area contributed by atoms with E-state index in [0.29, 0.717) is 21.9 Å². The molecule has 0 aliphatic rings. The molecule has 0 radical (unpaired) electrons. The highest BCUT2D eigenvalue weighted by molar-refractivity contribution is 6.32. The van der Waals surface area contributed by atoms with E-state index in [-0.39, 0.29) is 5.15 Å². The molecule has 0 saturated carbocycles. The number of hydrogen-bond donors (Lipinski definition) is 1. The second-order valence-electron chi connectivity index (χ2n) is 5.84. The summed E-state index contributed by atoms with van der Waals surface area (Å²) in [6.07, 6.45) is 1.70. The molecular formula is C20H14Cl2N4O. The van der Waals surface area contributed by atoms with Crippen LogP contribution in [-0.4, -0.2) is 23.3 Å². The van der Waals surface area contributed by atoms with Gasteiger partial charge >= 0.3 is 0 Å². The molecule has 1 N–H and O–H groups in total. The number of halogens is 2. The number of methoxy groups -OCH3 is 1. The van der Waals surface area contributed by atoms with E-state index in [1.165, 1.54) is 0 Å². The van der Waals surface area contributed by atoms with Crippen molar-refractivity contribution in [2.45, 2.75) is 0 Å². The summed E-state index contributed by atoms with van der Waals surface area (Å²) < 4.78 is 5.25. The minimum absolute atomic E-state index is 0.243. The van der Waals surface area contributed by atoms with Crippen molar-refractivity contribution in [3.05, 3.63) is 70.3 Å². The molecule has 0 unspecified atom stereocenters. The van der Waals surface area contributed by atoms with Gasteiger partial charge in [-0.15, -0.1) is 0 Å². The van der Waals surface area contributed by atoms with Crippen molar-refractivity contribution in [2.75, 3.05) is 12.5 Å². The van der Waals surface area contributed by atoms with Crippen LogP contribution in [0.4, 0.5) is 5.82 Å².